The molecule has 0 aromatic heterocycles. The van der Waals surface area contributed by atoms with Crippen LogP contribution in [-0.4, -0.2) is 23.8 Å². The summed E-state index contributed by atoms with van der Waals surface area (Å²) in [6.07, 6.45) is 0.0527. The Morgan fingerprint density at radius 3 is 2.03 bits per heavy atom. The molecule has 0 aliphatic heterocycles. The lowest BCUT2D eigenvalue weighted by Crippen LogP contribution is -2.29. The lowest BCUT2D eigenvalue weighted by atomic mass is 10.1. The summed E-state index contributed by atoms with van der Waals surface area (Å²) in [7, 11) is 0. The van der Waals surface area contributed by atoms with Gasteiger partial charge >= 0.3 is 5.97 Å². The molecule has 4 aromatic rings. The van der Waals surface area contributed by atoms with Crippen molar-refractivity contribution in [3.8, 4) is 17.2 Å². The molecule has 0 saturated carbocycles. The Labute approximate surface area is 205 Å². The fraction of sp³-hybridized carbons (Fsp3) is 0.167. The van der Waals surface area contributed by atoms with Gasteiger partial charge in [-0.3, -0.25) is 0 Å². The third kappa shape index (κ3) is 7.64. The van der Waals surface area contributed by atoms with Gasteiger partial charge in [-0.15, -0.1) is 0 Å². The fourth-order valence-corrected chi connectivity index (χ4v) is 3.60. The molecule has 1 atom stereocenters. The van der Waals surface area contributed by atoms with Gasteiger partial charge in [-0.1, -0.05) is 72.8 Å². The van der Waals surface area contributed by atoms with Crippen molar-refractivity contribution in [1.29, 1.82) is 0 Å². The summed E-state index contributed by atoms with van der Waals surface area (Å²) in [6.45, 7) is 1.06. The predicted octanol–water partition coefficient (Wildman–Crippen LogP) is 5.96. The van der Waals surface area contributed by atoms with Gasteiger partial charge in [-0.25, -0.2) is 4.79 Å². The number of benzene rings is 4. The molecule has 5 heteroatoms. The number of para-hydroxylation sites is 1. The van der Waals surface area contributed by atoms with E-state index < -0.39 is 12.1 Å². The zero-order valence-corrected chi connectivity index (χ0v) is 19.4. The first-order chi connectivity index (χ1) is 17.2. The van der Waals surface area contributed by atoms with Gasteiger partial charge in [-0.05, 0) is 53.1 Å². The van der Waals surface area contributed by atoms with Crippen LogP contribution in [0.2, 0.25) is 0 Å². The van der Waals surface area contributed by atoms with Gasteiger partial charge in [0, 0.05) is 12.8 Å². The van der Waals surface area contributed by atoms with Crippen LogP contribution in [0.3, 0.4) is 0 Å². The van der Waals surface area contributed by atoms with Gasteiger partial charge in [-0.2, -0.15) is 0 Å². The number of rotatable bonds is 12. The second-order valence-electron chi connectivity index (χ2n) is 8.13. The van der Waals surface area contributed by atoms with Crippen LogP contribution in [-0.2, 0) is 24.2 Å². The van der Waals surface area contributed by atoms with Crippen LogP contribution in [0.5, 0.6) is 17.2 Å². The van der Waals surface area contributed by atoms with Crippen LogP contribution >= 0.6 is 0 Å². The van der Waals surface area contributed by atoms with Crippen LogP contribution in [0.1, 0.15) is 16.7 Å². The average molecular weight is 469 g/mol. The number of hydrogen-bond donors (Lipinski definition) is 1. The van der Waals surface area contributed by atoms with E-state index in [1.165, 1.54) is 0 Å². The van der Waals surface area contributed by atoms with E-state index in [0.29, 0.717) is 19.0 Å². The molecule has 0 fully saturated rings. The first-order valence-corrected chi connectivity index (χ1v) is 11.6. The Balaban J connectivity index is 1.25. The second-order valence-corrected chi connectivity index (χ2v) is 8.13. The average Bonchev–Trinajstić information content (AvgIpc) is 2.89. The maximum absolute atomic E-state index is 11.6. The first kappa shape index (κ1) is 23.9. The quantitative estimate of drug-likeness (QED) is 0.278. The van der Waals surface area contributed by atoms with Crippen LogP contribution < -0.4 is 14.2 Å². The molecule has 0 aliphatic carbocycles. The minimum absolute atomic E-state index is 0.264. The summed E-state index contributed by atoms with van der Waals surface area (Å²) in [4.78, 5) is 11.6. The van der Waals surface area contributed by atoms with Gasteiger partial charge in [0.05, 0.1) is 6.61 Å². The fourth-order valence-electron chi connectivity index (χ4n) is 3.60. The predicted molar refractivity (Wildman–Crippen MR) is 135 cm³/mol. The molecule has 0 amide bonds. The zero-order chi connectivity index (χ0) is 24.3. The number of ether oxygens (including phenoxy) is 3. The van der Waals surface area contributed by atoms with E-state index in [9.17, 15) is 9.90 Å². The van der Waals surface area contributed by atoms with Crippen molar-refractivity contribution < 1.29 is 24.1 Å². The number of carboxylic acid groups (broad SMARTS) is 1. The number of hydrogen-bond acceptors (Lipinski definition) is 4. The highest BCUT2D eigenvalue weighted by Crippen LogP contribution is 2.19. The van der Waals surface area contributed by atoms with Crippen molar-refractivity contribution >= 4 is 5.97 Å². The minimum Gasteiger partial charge on any atom is -0.493 e. The van der Waals surface area contributed by atoms with Gasteiger partial charge in [0.1, 0.15) is 23.9 Å². The number of carbonyl (C=O) groups is 1. The van der Waals surface area contributed by atoms with E-state index >= 15 is 0 Å². The molecule has 0 unspecified atom stereocenters. The van der Waals surface area contributed by atoms with E-state index in [0.717, 1.165) is 34.6 Å². The molecule has 0 spiro atoms. The monoisotopic (exact) mass is 468 g/mol. The summed E-state index contributed by atoms with van der Waals surface area (Å²) < 4.78 is 17.4. The maximum atomic E-state index is 11.6. The first-order valence-electron chi connectivity index (χ1n) is 11.6. The molecule has 1 N–H and O–H groups in total. The van der Waals surface area contributed by atoms with E-state index in [1.807, 2.05) is 91.0 Å². The minimum atomic E-state index is -0.996. The van der Waals surface area contributed by atoms with Crippen LogP contribution in [0.4, 0.5) is 0 Å². The Hall–Kier alpha value is -4.25. The largest absolute Gasteiger partial charge is 0.493 e. The molecule has 0 radical (unpaired) electrons. The standard InChI is InChI=1S/C30H28O5/c31-30(32)29(35-27-11-5-2-6-12-27)21-24-14-16-26(17-15-24)33-19-18-23-10-7-13-28(20-23)34-22-25-8-3-1-4-9-25/h1-17,20,29H,18-19,21-22H2,(H,31,32)/t29-/m0/s1. The third-order valence-corrected chi connectivity index (χ3v) is 5.45. The normalized spacial score (nSPS) is 11.4. The summed E-state index contributed by atoms with van der Waals surface area (Å²) in [5.41, 5.74) is 3.13. The zero-order valence-electron chi connectivity index (χ0n) is 19.4. The van der Waals surface area contributed by atoms with Crippen molar-refractivity contribution in [3.05, 3.63) is 126 Å². The SMILES string of the molecule is O=C(O)[C@H](Cc1ccc(OCCc2cccc(OCc3ccccc3)c2)cc1)Oc1ccccc1. The smallest absolute Gasteiger partial charge is 0.345 e. The molecule has 0 aliphatic rings. The molecular formula is C30H28O5. The maximum Gasteiger partial charge on any atom is 0.345 e. The number of carboxylic acids is 1. The molecule has 0 heterocycles. The summed E-state index contributed by atoms with van der Waals surface area (Å²) in [5.74, 6) is 1.11. The summed E-state index contributed by atoms with van der Waals surface area (Å²) in [5, 5.41) is 9.53. The summed E-state index contributed by atoms with van der Waals surface area (Å²) in [6, 6.07) is 34.6. The molecule has 5 nitrogen and oxygen atoms in total. The van der Waals surface area contributed by atoms with Crippen molar-refractivity contribution in [2.75, 3.05) is 6.61 Å². The van der Waals surface area contributed by atoms with Crippen molar-refractivity contribution in [2.45, 2.75) is 25.6 Å². The number of aliphatic carboxylic acids is 1. The molecular weight excluding hydrogens is 440 g/mol. The topological polar surface area (TPSA) is 65.0 Å². The van der Waals surface area contributed by atoms with Gasteiger partial charge in [0.25, 0.3) is 0 Å². The lowest BCUT2D eigenvalue weighted by Gasteiger charge is -2.15. The van der Waals surface area contributed by atoms with Crippen LogP contribution in [0.15, 0.2) is 109 Å². The highest BCUT2D eigenvalue weighted by atomic mass is 16.5. The van der Waals surface area contributed by atoms with Crippen molar-refractivity contribution in [3.63, 3.8) is 0 Å². The van der Waals surface area contributed by atoms with E-state index in [-0.39, 0.29) is 6.42 Å². The third-order valence-electron chi connectivity index (χ3n) is 5.45. The highest BCUT2D eigenvalue weighted by molar-refractivity contribution is 5.73. The Morgan fingerprint density at radius 1 is 0.657 bits per heavy atom. The van der Waals surface area contributed by atoms with Gasteiger partial charge < -0.3 is 19.3 Å². The van der Waals surface area contributed by atoms with E-state index in [4.69, 9.17) is 14.2 Å². The molecule has 0 saturated heterocycles. The lowest BCUT2D eigenvalue weighted by molar-refractivity contribution is -0.145. The van der Waals surface area contributed by atoms with Crippen LogP contribution in [0, 0.1) is 0 Å². The molecule has 4 aromatic carbocycles. The van der Waals surface area contributed by atoms with E-state index in [2.05, 4.69) is 6.07 Å². The molecule has 178 valence electrons. The molecule has 35 heavy (non-hydrogen) atoms. The van der Waals surface area contributed by atoms with Crippen molar-refractivity contribution in [1.82, 2.24) is 0 Å². The highest BCUT2D eigenvalue weighted by Gasteiger charge is 2.20. The van der Waals surface area contributed by atoms with E-state index in [1.54, 1.807) is 12.1 Å². The molecule has 4 rings (SSSR count). The Morgan fingerprint density at radius 2 is 1.31 bits per heavy atom. The van der Waals surface area contributed by atoms with Crippen LogP contribution in [0.25, 0.3) is 0 Å². The molecule has 0 bridgehead atoms. The summed E-state index contributed by atoms with van der Waals surface area (Å²) >= 11 is 0. The Bertz CT molecular complexity index is 1190. The second kappa shape index (κ2) is 12.3. The van der Waals surface area contributed by atoms with Gasteiger partial charge in [0.15, 0.2) is 6.10 Å². The van der Waals surface area contributed by atoms with Crippen molar-refractivity contribution in [2.24, 2.45) is 0 Å². The van der Waals surface area contributed by atoms with Gasteiger partial charge in [0.2, 0.25) is 0 Å². The Kier molecular flexibility index (Phi) is 8.38.